The van der Waals surface area contributed by atoms with E-state index < -0.39 is 0 Å². The molecule has 6 heteroatoms. The first-order chi connectivity index (χ1) is 9.17. The van der Waals surface area contributed by atoms with Crippen molar-refractivity contribution >= 4 is 35.1 Å². The lowest BCUT2D eigenvalue weighted by molar-refractivity contribution is 0.521. The van der Waals surface area contributed by atoms with Crippen molar-refractivity contribution in [2.45, 2.75) is 38.1 Å². The summed E-state index contributed by atoms with van der Waals surface area (Å²) in [6.07, 6.45) is 0.961. The van der Waals surface area contributed by atoms with Crippen molar-refractivity contribution in [1.29, 1.82) is 0 Å². The van der Waals surface area contributed by atoms with Crippen molar-refractivity contribution in [3.8, 4) is 0 Å². The van der Waals surface area contributed by atoms with Crippen LogP contribution in [0.3, 0.4) is 0 Å². The third-order valence-electron chi connectivity index (χ3n) is 3.53. The highest BCUT2D eigenvalue weighted by atomic mass is 35.5. The normalized spacial score (nSPS) is 21.6. The van der Waals surface area contributed by atoms with Gasteiger partial charge < -0.3 is 5.32 Å². The molecule has 0 radical (unpaired) electrons. The first-order valence-corrected chi connectivity index (χ1v) is 9.33. The maximum atomic E-state index is 6.41. The van der Waals surface area contributed by atoms with Crippen molar-refractivity contribution in [1.82, 2.24) is 15.1 Å². The fourth-order valence-corrected chi connectivity index (χ4v) is 5.57. The van der Waals surface area contributed by atoms with E-state index in [1.807, 2.05) is 11.6 Å². The van der Waals surface area contributed by atoms with Crippen LogP contribution in [0.4, 0.5) is 0 Å². The number of hydrogen-bond acceptors (Lipinski definition) is 4. The van der Waals surface area contributed by atoms with Gasteiger partial charge in [0.1, 0.15) is 0 Å². The van der Waals surface area contributed by atoms with E-state index in [1.165, 1.54) is 23.0 Å². The molecule has 1 aromatic heterocycles. The molecule has 2 atom stereocenters. The van der Waals surface area contributed by atoms with Crippen LogP contribution in [0.5, 0.6) is 0 Å². The molecule has 1 aliphatic rings. The van der Waals surface area contributed by atoms with Gasteiger partial charge in [-0.1, -0.05) is 11.6 Å². The second-order valence-electron chi connectivity index (χ2n) is 4.75. The molecule has 2 rings (SSSR count). The number of halogens is 1. The van der Waals surface area contributed by atoms with Crippen molar-refractivity contribution in [3.05, 3.63) is 16.4 Å². The molecular weight excluding hydrogens is 298 g/mol. The molecule has 0 amide bonds. The van der Waals surface area contributed by atoms with Gasteiger partial charge in [-0.2, -0.15) is 28.6 Å². The van der Waals surface area contributed by atoms with E-state index in [0.717, 1.165) is 23.7 Å². The molecule has 0 bridgehead atoms. The van der Waals surface area contributed by atoms with Crippen LogP contribution in [-0.2, 0) is 13.0 Å². The summed E-state index contributed by atoms with van der Waals surface area (Å²) in [6, 6.07) is 0.469. The second-order valence-corrected chi connectivity index (χ2v) is 7.62. The smallest absolute Gasteiger partial charge is 0.0847 e. The number of aromatic nitrogens is 2. The number of thioether (sulfide) groups is 2. The van der Waals surface area contributed by atoms with Crippen LogP contribution in [0.1, 0.15) is 18.3 Å². The topological polar surface area (TPSA) is 29.9 Å². The van der Waals surface area contributed by atoms with E-state index in [0.29, 0.717) is 11.3 Å². The molecule has 1 N–H and O–H groups in total. The molecule has 3 nitrogen and oxygen atoms in total. The molecule has 2 unspecified atom stereocenters. The number of nitrogens with one attached hydrogen (secondary N) is 1. The fraction of sp³-hybridized carbons (Fsp3) is 0.769. The van der Waals surface area contributed by atoms with Gasteiger partial charge in [-0.05, 0) is 20.9 Å². The Kier molecular flexibility index (Phi) is 5.93. The number of aryl methyl sites for hydroxylation is 2. The maximum Gasteiger partial charge on any atom is 0.0847 e. The van der Waals surface area contributed by atoms with Crippen LogP contribution < -0.4 is 5.32 Å². The Labute approximate surface area is 129 Å². The highest BCUT2D eigenvalue weighted by Crippen LogP contribution is 2.29. The molecular formula is C13H22ClN3S2. The Balaban J connectivity index is 2.13. The first-order valence-electron chi connectivity index (χ1n) is 6.75. The Hall–Kier alpha value is 0.160. The van der Waals surface area contributed by atoms with Gasteiger partial charge in [0.05, 0.1) is 16.4 Å². The summed E-state index contributed by atoms with van der Waals surface area (Å²) < 4.78 is 2.04. The predicted octanol–water partition coefficient (Wildman–Crippen LogP) is 2.84. The average Bonchev–Trinajstić information content (AvgIpc) is 2.72. The van der Waals surface area contributed by atoms with E-state index in [2.05, 4.69) is 47.9 Å². The van der Waals surface area contributed by atoms with Crippen LogP contribution in [0.15, 0.2) is 0 Å². The molecule has 1 aliphatic heterocycles. The molecule has 1 saturated heterocycles. The van der Waals surface area contributed by atoms with Gasteiger partial charge >= 0.3 is 0 Å². The number of rotatable bonds is 5. The zero-order chi connectivity index (χ0) is 13.8. The van der Waals surface area contributed by atoms with Crippen molar-refractivity contribution in [3.63, 3.8) is 0 Å². The summed E-state index contributed by atoms with van der Waals surface area (Å²) in [7, 11) is 2.05. The lowest BCUT2D eigenvalue weighted by atomic mass is 10.1. The summed E-state index contributed by atoms with van der Waals surface area (Å²) >= 11 is 10.6. The van der Waals surface area contributed by atoms with Crippen molar-refractivity contribution in [2.24, 2.45) is 0 Å². The zero-order valence-corrected chi connectivity index (χ0v) is 14.2. The molecule has 1 aromatic rings. The average molecular weight is 320 g/mol. The van der Waals surface area contributed by atoms with Crippen LogP contribution >= 0.6 is 35.1 Å². The molecule has 0 aliphatic carbocycles. The Morgan fingerprint density at radius 2 is 2.32 bits per heavy atom. The van der Waals surface area contributed by atoms with E-state index in [-0.39, 0.29) is 0 Å². The molecule has 1 fully saturated rings. The second kappa shape index (κ2) is 7.25. The van der Waals surface area contributed by atoms with Gasteiger partial charge in [0.15, 0.2) is 0 Å². The van der Waals surface area contributed by atoms with Crippen molar-refractivity contribution in [2.75, 3.05) is 24.3 Å². The summed E-state index contributed by atoms with van der Waals surface area (Å²) in [5.41, 5.74) is 2.12. The quantitative estimate of drug-likeness (QED) is 0.904. The van der Waals surface area contributed by atoms with E-state index >= 15 is 0 Å². The minimum Gasteiger partial charge on any atom is -0.315 e. The summed E-state index contributed by atoms with van der Waals surface area (Å²) in [6.45, 7) is 4.98. The number of hydrogen-bond donors (Lipinski definition) is 1. The largest absolute Gasteiger partial charge is 0.315 e. The minimum absolute atomic E-state index is 0.469. The summed E-state index contributed by atoms with van der Waals surface area (Å²) in [5.74, 6) is 3.77. The Morgan fingerprint density at radius 3 is 2.89 bits per heavy atom. The summed E-state index contributed by atoms with van der Waals surface area (Å²) in [5, 5.41) is 9.49. The van der Waals surface area contributed by atoms with Crippen LogP contribution in [0.2, 0.25) is 5.02 Å². The molecule has 0 spiro atoms. The fourth-order valence-electron chi connectivity index (χ4n) is 2.43. The van der Waals surface area contributed by atoms with E-state index in [4.69, 9.17) is 11.6 Å². The number of nitrogens with zero attached hydrogens (tertiary/aromatic N) is 2. The lowest BCUT2D eigenvalue weighted by Gasteiger charge is -2.29. The Bertz CT molecular complexity index is 416. The van der Waals surface area contributed by atoms with Gasteiger partial charge in [-0.3, -0.25) is 4.68 Å². The molecule has 0 saturated carbocycles. The molecule has 0 aromatic carbocycles. The van der Waals surface area contributed by atoms with E-state index in [1.54, 1.807) is 0 Å². The van der Waals surface area contributed by atoms with Gasteiger partial charge in [0, 0.05) is 41.5 Å². The molecule has 2 heterocycles. The highest BCUT2D eigenvalue weighted by Gasteiger charge is 2.26. The van der Waals surface area contributed by atoms with Crippen LogP contribution in [0, 0.1) is 6.92 Å². The Morgan fingerprint density at radius 1 is 1.53 bits per heavy atom. The predicted molar refractivity (Wildman–Crippen MR) is 87.8 cm³/mol. The summed E-state index contributed by atoms with van der Waals surface area (Å²) in [4.78, 5) is 0. The van der Waals surface area contributed by atoms with Gasteiger partial charge in [-0.25, -0.2) is 0 Å². The van der Waals surface area contributed by atoms with Gasteiger partial charge in [0.25, 0.3) is 0 Å². The SMILES string of the molecule is CCn1nc(C)c(Cl)c1CC(NC)C1CSCCS1. The third kappa shape index (κ3) is 3.63. The van der Waals surface area contributed by atoms with Crippen LogP contribution in [0.25, 0.3) is 0 Å². The molecule has 108 valence electrons. The lowest BCUT2D eigenvalue weighted by Crippen LogP contribution is -2.41. The van der Waals surface area contributed by atoms with Gasteiger partial charge in [0.2, 0.25) is 0 Å². The number of likely N-dealkylation sites (N-methyl/N-ethyl adjacent to an activating group) is 1. The van der Waals surface area contributed by atoms with E-state index in [9.17, 15) is 0 Å². The monoisotopic (exact) mass is 319 g/mol. The highest BCUT2D eigenvalue weighted by molar-refractivity contribution is 8.06. The molecule has 19 heavy (non-hydrogen) atoms. The maximum absolute atomic E-state index is 6.41. The minimum atomic E-state index is 0.469. The standard InChI is InChI=1S/C13H22ClN3S2/c1-4-17-11(13(14)9(2)16-17)7-10(15-3)12-8-18-5-6-19-12/h10,12,15H,4-8H2,1-3H3. The third-order valence-corrected chi connectivity index (χ3v) is 6.94. The van der Waals surface area contributed by atoms with Crippen molar-refractivity contribution < 1.29 is 0 Å². The zero-order valence-electron chi connectivity index (χ0n) is 11.8. The first kappa shape index (κ1) is 15.5. The van der Waals surface area contributed by atoms with Crippen LogP contribution in [-0.4, -0.2) is 45.4 Å². The van der Waals surface area contributed by atoms with Gasteiger partial charge in [-0.15, -0.1) is 0 Å².